The SMILES string of the molecule is COc1ccc(F)cc1C[NH+]1CC[NH+](Cc2nc3ccccc3c(=O)[nH]2)CC1. The number of H-pyrrole nitrogens is 1. The quantitative estimate of drug-likeness (QED) is 0.559. The molecule has 1 aliphatic heterocycles. The molecule has 3 aromatic rings. The van der Waals surface area contributed by atoms with E-state index in [0.29, 0.717) is 11.9 Å². The van der Waals surface area contributed by atoms with Gasteiger partial charge in [0.05, 0.1) is 23.6 Å². The second-order valence-corrected chi connectivity index (χ2v) is 7.34. The van der Waals surface area contributed by atoms with E-state index in [1.165, 1.54) is 15.9 Å². The molecule has 0 amide bonds. The third kappa shape index (κ3) is 4.05. The van der Waals surface area contributed by atoms with Crippen LogP contribution in [0.2, 0.25) is 0 Å². The van der Waals surface area contributed by atoms with Crippen LogP contribution < -0.4 is 20.1 Å². The van der Waals surface area contributed by atoms with Crippen molar-refractivity contribution < 1.29 is 18.9 Å². The van der Waals surface area contributed by atoms with Crippen molar-refractivity contribution in [3.8, 4) is 5.75 Å². The fourth-order valence-corrected chi connectivity index (χ4v) is 3.92. The summed E-state index contributed by atoms with van der Waals surface area (Å²) in [6.45, 7) is 5.36. The molecule has 2 aromatic carbocycles. The number of piperazine rings is 1. The summed E-state index contributed by atoms with van der Waals surface area (Å²) in [6.07, 6.45) is 0. The van der Waals surface area contributed by atoms with Gasteiger partial charge in [0.2, 0.25) is 0 Å². The molecule has 0 radical (unpaired) electrons. The molecule has 1 aromatic heterocycles. The van der Waals surface area contributed by atoms with Gasteiger partial charge in [-0.2, -0.15) is 0 Å². The van der Waals surface area contributed by atoms with Crippen molar-refractivity contribution in [1.82, 2.24) is 9.97 Å². The molecule has 1 saturated heterocycles. The van der Waals surface area contributed by atoms with Crippen molar-refractivity contribution in [3.05, 3.63) is 70.0 Å². The molecule has 3 N–H and O–H groups in total. The first-order chi connectivity index (χ1) is 13.6. The van der Waals surface area contributed by atoms with E-state index in [9.17, 15) is 9.18 Å². The number of nitrogens with one attached hydrogen (secondary N) is 3. The van der Waals surface area contributed by atoms with Crippen molar-refractivity contribution in [2.75, 3.05) is 33.3 Å². The Labute approximate surface area is 162 Å². The fraction of sp³-hybridized carbons (Fsp3) is 0.333. The number of hydrogen-bond donors (Lipinski definition) is 3. The van der Waals surface area contributed by atoms with Gasteiger partial charge in [-0.05, 0) is 30.3 Å². The lowest BCUT2D eigenvalue weighted by molar-refractivity contribution is -1.02. The van der Waals surface area contributed by atoms with Gasteiger partial charge < -0.3 is 19.5 Å². The van der Waals surface area contributed by atoms with Crippen molar-refractivity contribution >= 4 is 10.9 Å². The topological polar surface area (TPSA) is 63.9 Å². The van der Waals surface area contributed by atoms with Crippen LogP contribution in [0.3, 0.4) is 0 Å². The number of ether oxygens (including phenoxy) is 1. The molecule has 28 heavy (non-hydrogen) atoms. The number of para-hydroxylation sites is 1. The van der Waals surface area contributed by atoms with E-state index < -0.39 is 0 Å². The Morgan fingerprint density at radius 3 is 2.54 bits per heavy atom. The predicted octanol–water partition coefficient (Wildman–Crippen LogP) is -0.446. The molecule has 2 heterocycles. The minimum absolute atomic E-state index is 0.0811. The summed E-state index contributed by atoms with van der Waals surface area (Å²) in [5.41, 5.74) is 1.56. The maximum Gasteiger partial charge on any atom is 0.258 e. The van der Waals surface area contributed by atoms with Gasteiger partial charge in [0.25, 0.3) is 5.56 Å². The predicted molar refractivity (Wildman–Crippen MR) is 104 cm³/mol. The lowest BCUT2D eigenvalue weighted by Gasteiger charge is -2.29. The minimum atomic E-state index is -0.231. The Balaban J connectivity index is 1.38. The van der Waals surface area contributed by atoms with Crippen LogP contribution in [0.15, 0.2) is 47.3 Å². The summed E-state index contributed by atoms with van der Waals surface area (Å²) >= 11 is 0. The molecule has 0 aliphatic carbocycles. The van der Waals surface area contributed by atoms with Crippen LogP contribution in [0.4, 0.5) is 4.39 Å². The third-order valence-electron chi connectivity index (χ3n) is 5.43. The fourth-order valence-electron chi connectivity index (χ4n) is 3.92. The number of methoxy groups -OCH3 is 1. The lowest BCUT2D eigenvalue weighted by Crippen LogP contribution is -3.27. The van der Waals surface area contributed by atoms with Gasteiger partial charge in [0, 0.05) is 0 Å². The number of nitrogens with zero attached hydrogens (tertiary/aromatic N) is 1. The lowest BCUT2D eigenvalue weighted by atomic mass is 10.1. The standard InChI is InChI=1S/C21H23FN4O2/c1-28-19-7-6-16(22)12-15(19)13-25-8-10-26(11-9-25)14-20-23-18-5-3-2-4-17(18)21(27)24-20/h2-7,12H,8-11,13-14H2,1H3,(H,23,24,27)/p+2. The van der Waals surface area contributed by atoms with Crippen LogP contribution in [0, 0.1) is 5.82 Å². The first kappa shape index (κ1) is 18.6. The molecule has 0 spiro atoms. The highest BCUT2D eigenvalue weighted by Gasteiger charge is 2.25. The first-order valence-corrected chi connectivity index (χ1v) is 9.60. The number of hydrogen-bond acceptors (Lipinski definition) is 3. The molecule has 0 saturated carbocycles. The molecule has 4 rings (SSSR count). The molecule has 0 atom stereocenters. The van der Waals surface area contributed by atoms with E-state index in [1.807, 2.05) is 18.2 Å². The summed E-state index contributed by atoms with van der Waals surface area (Å²) in [6, 6.07) is 12.1. The molecule has 7 heteroatoms. The maximum atomic E-state index is 13.6. The number of rotatable bonds is 5. The Morgan fingerprint density at radius 2 is 1.79 bits per heavy atom. The van der Waals surface area contributed by atoms with E-state index >= 15 is 0 Å². The van der Waals surface area contributed by atoms with E-state index in [1.54, 1.807) is 25.3 Å². The van der Waals surface area contributed by atoms with Gasteiger partial charge in [-0.15, -0.1) is 0 Å². The minimum Gasteiger partial charge on any atom is -0.496 e. The molecule has 1 aliphatic rings. The van der Waals surface area contributed by atoms with Crippen LogP contribution >= 0.6 is 0 Å². The first-order valence-electron chi connectivity index (χ1n) is 9.60. The average Bonchev–Trinajstić information content (AvgIpc) is 2.70. The van der Waals surface area contributed by atoms with Crippen molar-refractivity contribution in [1.29, 1.82) is 0 Å². The van der Waals surface area contributed by atoms with Crippen LogP contribution in [-0.4, -0.2) is 43.3 Å². The Kier molecular flexibility index (Phi) is 5.36. The zero-order valence-corrected chi connectivity index (χ0v) is 15.9. The van der Waals surface area contributed by atoms with E-state index in [4.69, 9.17) is 4.74 Å². The largest absolute Gasteiger partial charge is 0.496 e. The highest BCUT2D eigenvalue weighted by atomic mass is 19.1. The van der Waals surface area contributed by atoms with E-state index in [0.717, 1.165) is 55.4 Å². The van der Waals surface area contributed by atoms with Crippen LogP contribution in [0.5, 0.6) is 5.75 Å². The molecule has 146 valence electrons. The van der Waals surface area contributed by atoms with Gasteiger partial charge in [-0.25, -0.2) is 9.37 Å². The molecule has 0 unspecified atom stereocenters. The summed E-state index contributed by atoms with van der Waals surface area (Å²) in [5.74, 6) is 1.24. The van der Waals surface area contributed by atoms with Gasteiger partial charge >= 0.3 is 0 Å². The van der Waals surface area contributed by atoms with E-state index in [2.05, 4.69) is 9.97 Å². The second-order valence-electron chi connectivity index (χ2n) is 7.34. The molecule has 6 nitrogen and oxygen atoms in total. The molecular formula is C21H25FN4O2+2. The Bertz CT molecular complexity index is 1030. The summed E-state index contributed by atoms with van der Waals surface area (Å²) < 4.78 is 18.9. The average molecular weight is 384 g/mol. The maximum absolute atomic E-state index is 13.6. The highest BCUT2D eigenvalue weighted by Crippen LogP contribution is 2.18. The zero-order chi connectivity index (χ0) is 19.5. The van der Waals surface area contributed by atoms with Crippen LogP contribution in [0.1, 0.15) is 11.4 Å². The van der Waals surface area contributed by atoms with Crippen LogP contribution in [-0.2, 0) is 13.1 Å². The Morgan fingerprint density at radius 1 is 1.07 bits per heavy atom. The smallest absolute Gasteiger partial charge is 0.258 e. The zero-order valence-electron chi connectivity index (χ0n) is 15.9. The van der Waals surface area contributed by atoms with Crippen molar-refractivity contribution in [3.63, 3.8) is 0 Å². The van der Waals surface area contributed by atoms with Crippen molar-refractivity contribution in [2.45, 2.75) is 13.1 Å². The highest BCUT2D eigenvalue weighted by molar-refractivity contribution is 5.77. The molecular weight excluding hydrogens is 359 g/mol. The monoisotopic (exact) mass is 384 g/mol. The summed E-state index contributed by atoms with van der Waals surface area (Å²) in [4.78, 5) is 22.6. The van der Waals surface area contributed by atoms with Gasteiger partial charge in [-0.3, -0.25) is 4.79 Å². The molecule has 1 fully saturated rings. The molecule has 0 bridgehead atoms. The number of halogens is 1. The number of fused-ring (bicyclic) bond motifs is 1. The number of benzene rings is 2. The Hall–Kier alpha value is -2.77. The number of aromatic amines is 1. The normalized spacial score (nSPS) is 19.6. The van der Waals surface area contributed by atoms with Crippen molar-refractivity contribution in [2.24, 2.45) is 0 Å². The van der Waals surface area contributed by atoms with Crippen LogP contribution in [0.25, 0.3) is 10.9 Å². The second kappa shape index (κ2) is 8.08. The summed E-state index contributed by atoms with van der Waals surface area (Å²) in [7, 11) is 1.62. The van der Waals surface area contributed by atoms with E-state index in [-0.39, 0.29) is 11.4 Å². The van der Waals surface area contributed by atoms with Gasteiger partial charge in [-0.1, -0.05) is 12.1 Å². The third-order valence-corrected chi connectivity index (χ3v) is 5.43. The van der Waals surface area contributed by atoms with Gasteiger partial charge in [0.15, 0.2) is 5.82 Å². The summed E-state index contributed by atoms with van der Waals surface area (Å²) in [5, 5.41) is 0.625. The number of aromatic nitrogens is 2. The van der Waals surface area contributed by atoms with Gasteiger partial charge in [0.1, 0.15) is 50.8 Å². The number of quaternary nitrogens is 2.